The summed E-state index contributed by atoms with van der Waals surface area (Å²) in [7, 11) is 0. The molecule has 0 spiro atoms. The normalized spacial score (nSPS) is 13.4. The van der Waals surface area contributed by atoms with E-state index in [-0.39, 0.29) is 12.1 Å². The molecule has 1 aromatic rings. The molecule has 1 amide bonds. The van der Waals surface area contributed by atoms with E-state index in [4.69, 9.17) is 10.5 Å². The van der Waals surface area contributed by atoms with Crippen molar-refractivity contribution in [3.8, 4) is 11.8 Å². The van der Waals surface area contributed by atoms with Crippen LogP contribution in [-0.4, -0.2) is 32.2 Å². The number of carbonyl (C=O) groups excluding carboxylic acids is 1. The molecular weight excluding hydrogens is 271 g/mol. The van der Waals surface area contributed by atoms with Crippen LogP contribution in [0.15, 0.2) is 18.2 Å². The van der Waals surface area contributed by atoms with Gasteiger partial charge in [0, 0.05) is 18.7 Å². The lowest BCUT2D eigenvalue weighted by Gasteiger charge is -2.07. The molecule has 2 rings (SSSR count). The Kier molecular flexibility index (Phi) is 5.73. The second-order valence-electron chi connectivity index (χ2n) is 4.97. The number of amides is 1. The van der Waals surface area contributed by atoms with Crippen LogP contribution < -0.4 is 11.1 Å². The van der Waals surface area contributed by atoms with Gasteiger partial charge in [-0.05, 0) is 37.0 Å². The zero-order chi connectivity index (χ0) is 15.1. The molecule has 0 radical (unpaired) electrons. The zero-order valence-corrected chi connectivity index (χ0v) is 11.8. The molecule has 5 heteroatoms. The van der Waals surface area contributed by atoms with Crippen molar-refractivity contribution in [2.45, 2.75) is 12.8 Å². The van der Waals surface area contributed by atoms with E-state index in [0.717, 1.165) is 6.61 Å². The number of ether oxygens (including phenoxy) is 1. The molecule has 0 saturated heterocycles. The van der Waals surface area contributed by atoms with Gasteiger partial charge in [-0.15, -0.1) is 0 Å². The van der Waals surface area contributed by atoms with E-state index >= 15 is 0 Å². The number of nitrogens with two attached hydrogens (primary N) is 1. The Morgan fingerprint density at radius 1 is 1.48 bits per heavy atom. The van der Waals surface area contributed by atoms with Crippen LogP contribution in [0, 0.1) is 23.6 Å². The number of rotatable bonds is 6. The number of nitrogens with one attached hydrogen (secondary N) is 1. The van der Waals surface area contributed by atoms with Crippen LogP contribution >= 0.6 is 0 Å². The minimum absolute atomic E-state index is 0.0129. The fraction of sp³-hybridized carbons (Fsp3) is 0.438. The summed E-state index contributed by atoms with van der Waals surface area (Å²) in [5.74, 6) is 5.11. The van der Waals surface area contributed by atoms with Gasteiger partial charge in [0.2, 0.25) is 0 Å². The molecule has 1 aromatic carbocycles. The van der Waals surface area contributed by atoms with Crippen LogP contribution in [0.3, 0.4) is 0 Å². The van der Waals surface area contributed by atoms with E-state index in [0.29, 0.717) is 24.6 Å². The van der Waals surface area contributed by atoms with E-state index in [1.807, 2.05) is 0 Å². The Balaban J connectivity index is 1.84. The van der Waals surface area contributed by atoms with Gasteiger partial charge in [0.25, 0.3) is 5.91 Å². The number of benzene rings is 1. The summed E-state index contributed by atoms with van der Waals surface area (Å²) in [6.45, 7) is 1.77. The maximum atomic E-state index is 13.7. The molecule has 1 fully saturated rings. The van der Waals surface area contributed by atoms with Gasteiger partial charge in [-0.25, -0.2) is 4.39 Å². The third-order valence-electron chi connectivity index (χ3n) is 3.13. The Morgan fingerprint density at radius 2 is 2.29 bits per heavy atom. The first-order chi connectivity index (χ1) is 10.2. The summed E-state index contributed by atoms with van der Waals surface area (Å²) >= 11 is 0. The summed E-state index contributed by atoms with van der Waals surface area (Å²) in [4.78, 5) is 11.9. The Bertz CT molecular complexity index is 559. The molecule has 21 heavy (non-hydrogen) atoms. The number of hydrogen-bond donors (Lipinski definition) is 2. The van der Waals surface area contributed by atoms with Crippen LogP contribution in [0.5, 0.6) is 0 Å². The average Bonchev–Trinajstić information content (AvgIpc) is 3.30. The molecule has 0 bridgehead atoms. The highest BCUT2D eigenvalue weighted by molar-refractivity contribution is 5.94. The monoisotopic (exact) mass is 290 g/mol. The highest BCUT2D eigenvalue weighted by Crippen LogP contribution is 2.28. The number of halogens is 1. The SMILES string of the molecule is NCC#Cc1ccc(F)c(C(=O)NCCOCC2CC2)c1. The molecule has 0 aliphatic heterocycles. The smallest absolute Gasteiger partial charge is 0.254 e. The summed E-state index contributed by atoms with van der Waals surface area (Å²) in [6, 6.07) is 4.19. The topological polar surface area (TPSA) is 64.4 Å². The summed E-state index contributed by atoms with van der Waals surface area (Å²) in [5, 5.41) is 2.64. The second-order valence-corrected chi connectivity index (χ2v) is 4.97. The van der Waals surface area contributed by atoms with Gasteiger partial charge in [0.05, 0.1) is 18.7 Å². The zero-order valence-electron chi connectivity index (χ0n) is 11.8. The van der Waals surface area contributed by atoms with E-state index < -0.39 is 11.7 Å². The maximum Gasteiger partial charge on any atom is 0.254 e. The lowest BCUT2D eigenvalue weighted by molar-refractivity contribution is 0.0903. The van der Waals surface area contributed by atoms with Crippen molar-refractivity contribution >= 4 is 5.91 Å². The third-order valence-corrected chi connectivity index (χ3v) is 3.13. The van der Waals surface area contributed by atoms with Gasteiger partial charge in [0.1, 0.15) is 5.82 Å². The van der Waals surface area contributed by atoms with Crippen molar-refractivity contribution in [1.29, 1.82) is 0 Å². The molecule has 1 aliphatic carbocycles. The Hall–Kier alpha value is -1.90. The largest absolute Gasteiger partial charge is 0.379 e. The predicted octanol–water partition coefficient (Wildman–Crippen LogP) is 1.29. The second kappa shape index (κ2) is 7.77. The third kappa shape index (κ3) is 5.18. The molecule has 1 saturated carbocycles. The van der Waals surface area contributed by atoms with Crippen LogP contribution in [0.25, 0.3) is 0 Å². The van der Waals surface area contributed by atoms with E-state index in [1.165, 1.54) is 31.0 Å². The summed E-state index contributed by atoms with van der Waals surface area (Å²) < 4.78 is 19.1. The highest BCUT2D eigenvalue weighted by atomic mass is 19.1. The minimum atomic E-state index is -0.565. The molecule has 3 N–H and O–H groups in total. The summed E-state index contributed by atoms with van der Waals surface area (Å²) in [6.07, 6.45) is 2.46. The van der Waals surface area contributed by atoms with Crippen molar-refractivity contribution in [2.75, 3.05) is 26.3 Å². The van der Waals surface area contributed by atoms with Crippen LogP contribution in [0.4, 0.5) is 4.39 Å². The standard InChI is InChI=1S/C16H19FN2O2/c17-15-6-5-12(2-1-7-18)10-14(15)16(20)19-8-9-21-11-13-3-4-13/h5-6,10,13H,3-4,7-9,11,18H2,(H,19,20). The first-order valence-electron chi connectivity index (χ1n) is 7.05. The molecule has 0 heterocycles. The minimum Gasteiger partial charge on any atom is -0.379 e. The Morgan fingerprint density at radius 3 is 3.00 bits per heavy atom. The fourth-order valence-corrected chi connectivity index (χ4v) is 1.80. The first kappa shape index (κ1) is 15.5. The average molecular weight is 290 g/mol. The van der Waals surface area contributed by atoms with Crippen molar-refractivity contribution in [1.82, 2.24) is 5.32 Å². The predicted molar refractivity (Wildman–Crippen MR) is 78.2 cm³/mol. The lowest BCUT2D eigenvalue weighted by atomic mass is 10.1. The van der Waals surface area contributed by atoms with Crippen LogP contribution in [0.2, 0.25) is 0 Å². The van der Waals surface area contributed by atoms with Gasteiger partial charge < -0.3 is 15.8 Å². The quantitative estimate of drug-likeness (QED) is 0.613. The number of carbonyl (C=O) groups is 1. The van der Waals surface area contributed by atoms with Gasteiger partial charge >= 0.3 is 0 Å². The van der Waals surface area contributed by atoms with Crippen molar-refractivity contribution in [3.63, 3.8) is 0 Å². The van der Waals surface area contributed by atoms with E-state index in [1.54, 1.807) is 0 Å². The van der Waals surface area contributed by atoms with Crippen molar-refractivity contribution in [3.05, 3.63) is 35.1 Å². The summed E-state index contributed by atoms with van der Waals surface area (Å²) in [5.41, 5.74) is 5.84. The van der Waals surface area contributed by atoms with Crippen LogP contribution in [-0.2, 0) is 4.74 Å². The molecule has 1 aliphatic rings. The molecule has 4 nitrogen and oxygen atoms in total. The van der Waals surface area contributed by atoms with Gasteiger partial charge in [0.15, 0.2) is 0 Å². The molecule has 112 valence electrons. The fourth-order valence-electron chi connectivity index (χ4n) is 1.80. The first-order valence-corrected chi connectivity index (χ1v) is 7.05. The molecule has 0 atom stereocenters. The molecular formula is C16H19FN2O2. The van der Waals surface area contributed by atoms with E-state index in [9.17, 15) is 9.18 Å². The maximum absolute atomic E-state index is 13.7. The van der Waals surface area contributed by atoms with Crippen molar-refractivity contribution in [2.24, 2.45) is 11.7 Å². The Labute approximate surface area is 123 Å². The molecule has 0 unspecified atom stereocenters. The lowest BCUT2D eigenvalue weighted by Crippen LogP contribution is -2.28. The van der Waals surface area contributed by atoms with Crippen molar-refractivity contribution < 1.29 is 13.9 Å². The molecule has 0 aromatic heterocycles. The van der Waals surface area contributed by atoms with Crippen LogP contribution in [0.1, 0.15) is 28.8 Å². The van der Waals surface area contributed by atoms with Gasteiger partial charge in [-0.1, -0.05) is 11.8 Å². The highest BCUT2D eigenvalue weighted by Gasteiger charge is 2.21. The van der Waals surface area contributed by atoms with Gasteiger partial charge in [-0.3, -0.25) is 4.79 Å². The number of hydrogen-bond acceptors (Lipinski definition) is 3. The van der Waals surface area contributed by atoms with Gasteiger partial charge in [-0.2, -0.15) is 0 Å². The van der Waals surface area contributed by atoms with E-state index in [2.05, 4.69) is 17.2 Å².